The van der Waals surface area contributed by atoms with E-state index in [1.54, 1.807) is 12.4 Å². The largest absolute Gasteiger partial charge is 0.378 e. The third kappa shape index (κ3) is 2.64. The van der Waals surface area contributed by atoms with E-state index in [4.69, 9.17) is 15.6 Å². The lowest BCUT2D eigenvalue weighted by molar-refractivity contribution is 0.122. The molecule has 118 valence electrons. The van der Waals surface area contributed by atoms with Crippen LogP contribution in [0.15, 0.2) is 36.7 Å². The van der Waals surface area contributed by atoms with Crippen molar-refractivity contribution in [2.75, 3.05) is 31.2 Å². The van der Waals surface area contributed by atoms with E-state index in [1.807, 2.05) is 28.8 Å². The molecule has 0 radical (unpaired) electrons. The van der Waals surface area contributed by atoms with Gasteiger partial charge in [0.25, 0.3) is 0 Å². The minimum absolute atomic E-state index is 0.406. The number of ether oxygens (including phenoxy) is 1. The van der Waals surface area contributed by atoms with Crippen molar-refractivity contribution in [1.82, 2.24) is 19.6 Å². The van der Waals surface area contributed by atoms with Gasteiger partial charge < -0.3 is 15.4 Å². The van der Waals surface area contributed by atoms with Gasteiger partial charge in [-0.25, -0.2) is 4.98 Å². The van der Waals surface area contributed by atoms with E-state index < -0.39 is 0 Å². The van der Waals surface area contributed by atoms with E-state index in [-0.39, 0.29) is 0 Å². The van der Waals surface area contributed by atoms with Crippen molar-refractivity contribution in [3.8, 4) is 11.3 Å². The Balaban J connectivity index is 1.85. The summed E-state index contributed by atoms with van der Waals surface area (Å²) in [5.74, 6) is 1.01. The zero-order valence-corrected chi connectivity index (χ0v) is 12.7. The molecule has 0 unspecified atom stereocenters. The molecule has 0 aliphatic carbocycles. The molecule has 1 saturated heterocycles. The summed E-state index contributed by atoms with van der Waals surface area (Å²) >= 11 is 0. The summed E-state index contributed by atoms with van der Waals surface area (Å²) in [6, 6.07) is 7.89. The lowest BCUT2D eigenvalue weighted by atomic mass is 10.2. The maximum absolute atomic E-state index is 5.81. The van der Waals surface area contributed by atoms with Gasteiger partial charge in [0.15, 0.2) is 5.65 Å². The van der Waals surface area contributed by atoms with Crippen LogP contribution >= 0.6 is 0 Å². The Morgan fingerprint density at radius 1 is 1.13 bits per heavy atom. The van der Waals surface area contributed by atoms with Gasteiger partial charge in [-0.15, -0.1) is 0 Å². The number of morpholine rings is 1. The number of aromatic nitrogens is 4. The molecule has 7 heteroatoms. The molecule has 0 aromatic carbocycles. The Morgan fingerprint density at radius 2 is 1.91 bits per heavy atom. The quantitative estimate of drug-likeness (QED) is 0.780. The van der Waals surface area contributed by atoms with Crippen molar-refractivity contribution in [3.63, 3.8) is 0 Å². The maximum atomic E-state index is 5.81. The smallest absolute Gasteiger partial charge is 0.158 e. The van der Waals surface area contributed by atoms with E-state index in [1.165, 1.54) is 0 Å². The molecule has 0 bridgehead atoms. The van der Waals surface area contributed by atoms with Crippen LogP contribution in [-0.2, 0) is 11.3 Å². The average Bonchev–Trinajstić information content (AvgIpc) is 3.06. The summed E-state index contributed by atoms with van der Waals surface area (Å²) < 4.78 is 7.33. The van der Waals surface area contributed by atoms with Crippen LogP contribution in [-0.4, -0.2) is 45.9 Å². The Labute approximate surface area is 133 Å². The highest BCUT2D eigenvalue weighted by atomic mass is 16.5. The molecule has 4 rings (SSSR count). The monoisotopic (exact) mass is 310 g/mol. The first kappa shape index (κ1) is 14.1. The zero-order valence-electron chi connectivity index (χ0n) is 12.7. The average molecular weight is 310 g/mol. The summed E-state index contributed by atoms with van der Waals surface area (Å²) in [6.07, 6.45) is 3.53. The van der Waals surface area contributed by atoms with Gasteiger partial charge in [-0.05, 0) is 12.1 Å². The first-order chi connectivity index (χ1) is 11.3. The standard InChI is InChI=1S/C16H18N6O/c17-11-13-9-16(21-5-7-23-8-6-21)22-15(19-13)10-14(20-22)12-1-3-18-4-2-12/h1-4,9-10H,5-8,11,17H2. The fourth-order valence-electron chi connectivity index (χ4n) is 2.80. The molecule has 3 aromatic rings. The van der Waals surface area contributed by atoms with Crippen LogP contribution in [0.5, 0.6) is 0 Å². The topological polar surface area (TPSA) is 81.6 Å². The molecular formula is C16H18N6O. The minimum Gasteiger partial charge on any atom is -0.378 e. The van der Waals surface area contributed by atoms with Crippen LogP contribution in [0.4, 0.5) is 5.82 Å². The molecule has 0 atom stereocenters. The number of pyridine rings is 1. The summed E-state index contributed by atoms with van der Waals surface area (Å²) in [5, 5.41) is 4.74. The Morgan fingerprint density at radius 3 is 2.65 bits per heavy atom. The predicted molar refractivity (Wildman–Crippen MR) is 87.1 cm³/mol. The second-order valence-electron chi connectivity index (χ2n) is 5.44. The number of hydrogen-bond acceptors (Lipinski definition) is 6. The molecule has 1 aliphatic rings. The number of hydrogen-bond donors (Lipinski definition) is 1. The first-order valence-corrected chi connectivity index (χ1v) is 7.68. The predicted octanol–water partition coefficient (Wildman–Crippen LogP) is 1.09. The van der Waals surface area contributed by atoms with Crippen LogP contribution in [0, 0.1) is 0 Å². The summed E-state index contributed by atoms with van der Waals surface area (Å²) in [4.78, 5) is 10.9. The highest BCUT2D eigenvalue weighted by molar-refractivity contribution is 5.65. The number of nitrogens with two attached hydrogens (primary N) is 1. The fraction of sp³-hybridized carbons (Fsp3) is 0.312. The zero-order chi connectivity index (χ0) is 15.6. The minimum atomic E-state index is 0.406. The van der Waals surface area contributed by atoms with Gasteiger partial charge in [0, 0.05) is 49.7 Å². The Kier molecular flexibility index (Phi) is 3.64. The number of anilines is 1. The molecule has 7 nitrogen and oxygen atoms in total. The van der Waals surface area contributed by atoms with Gasteiger partial charge in [0.2, 0.25) is 0 Å². The Bertz CT molecular complexity index is 810. The van der Waals surface area contributed by atoms with Gasteiger partial charge in [0.1, 0.15) is 5.82 Å². The van der Waals surface area contributed by atoms with Crippen molar-refractivity contribution in [2.24, 2.45) is 5.73 Å². The van der Waals surface area contributed by atoms with E-state index >= 15 is 0 Å². The number of fused-ring (bicyclic) bond motifs is 1. The summed E-state index contributed by atoms with van der Waals surface area (Å²) in [7, 11) is 0. The van der Waals surface area contributed by atoms with Crippen molar-refractivity contribution in [2.45, 2.75) is 6.54 Å². The SMILES string of the molecule is NCc1cc(N2CCOCC2)n2nc(-c3ccncc3)cc2n1. The van der Waals surface area contributed by atoms with Gasteiger partial charge in [-0.2, -0.15) is 9.61 Å². The van der Waals surface area contributed by atoms with Crippen LogP contribution in [0.3, 0.4) is 0 Å². The maximum Gasteiger partial charge on any atom is 0.158 e. The molecule has 3 aromatic heterocycles. The third-order valence-corrected chi connectivity index (χ3v) is 3.98. The third-order valence-electron chi connectivity index (χ3n) is 3.98. The van der Waals surface area contributed by atoms with Gasteiger partial charge in [-0.3, -0.25) is 4.98 Å². The van der Waals surface area contributed by atoms with E-state index in [0.717, 1.165) is 54.7 Å². The molecule has 1 fully saturated rings. The van der Waals surface area contributed by atoms with Gasteiger partial charge >= 0.3 is 0 Å². The summed E-state index contributed by atoms with van der Waals surface area (Å²) in [5.41, 5.74) is 9.38. The van der Waals surface area contributed by atoms with Crippen LogP contribution in [0.25, 0.3) is 16.9 Å². The van der Waals surface area contributed by atoms with Gasteiger partial charge in [-0.1, -0.05) is 0 Å². The lowest BCUT2D eigenvalue weighted by Crippen LogP contribution is -2.37. The van der Waals surface area contributed by atoms with E-state index in [2.05, 4.69) is 14.9 Å². The van der Waals surface area contributed by atoms with Crippen LogP contribution < -0.4 is 10.6 Å². The molecule has 0 amide bonds. The normalized spacial score (nSPS) is 15.3. The van der Waals surface area contributed by atoms with Crippen LogP contribution in [0.2, 0.25) is 0 Å². The molecule has 1 aliphatic heterocycles. The molecule has 23 heavy (non-hydrogen) atoms. The first-order valence-electron chi connectivity index (χ1n) is 7.68. The Hall–Kier alpha value is -2.51. The number of rotatable bonds is 3. The molecule has 0 saturated carbocycles. The van der Waals surface area contributed by atoms with Crippen LogP contribution in [0.1, 0.15) is 5.69 Å². The fourth-order valence-corrected chi connectivity index (χ4v) is 2.80. The molecular weight excluding hydrogens is 292 g/mol. The van der Waals surface area contributed by atoms with E-state index in [0.29, 0.717) is 6.54 Å². The van der Waals surface area contributed by atoms with Gasteiger partial charge in [0.05, 0.1) is 24.6 Å². The second kappa shape index (κ2) is 5.94. The van der Waals surface area contributed by atoms with Crippen molar-refractivity contribution >= 4 is 11.5 Å². The number of nitrogens with zero attached hydrogens (tertiary/aromatic N) is 5. The molecule has 4 heterocycles. The highest BCUT2D eigenvalue weighted by Crippen LogP contribution is 2.23. The second-order valence-corrected chi connectivity index (χ2v) is 5.44. The van der Waals surface area contributed by atoms with Crippen molar-refractivity contribution < 1.29 is 4.74 Å². The summed E-state index contributed by atoms with van der Waals surface area (Å²) in [6.45, 7) is 3.53. The van der Waals surface area contributed by atoms with Crippen molar-refractivity contribution in [1.29, 1.82) is 0 Å². The van der Waals surface area contributed by atoms with Crippen molar-refractivity contribution in [3.05, 3.63) is 42.4 Å². The lowest BCUT2D eigenvalue weighted by Gasteiger charge is -2.29. The molecule has 2 N–H and O–H groups in total. The van der Waals surface area contributed by atoms with E-state index in [9.17, 15) is 0 Å². The molecule has 0 spiro atoms. The highest BCUT2D eigenvalue weighted by Gasteiger charge is 2.17.